The lowest BCUT2D eigenvalue weighted by Crippen LogP contribution is -2.22. The molecule has 1 heterocycles. The van der Waals surface area contributed by atoms with Gasteiger partial charge in [-0.1, -0.05) is 44.2 Å². The van der Waals surface area contributed by atoms with Gasteiger partial charge in [-0.3, -0.25) is 4.68 Å². The molecule has 0 bridgehead atoms. The molecule has 1 aromatic carbocycles. The monoisotopic (exact) mass is 283 g/mol. The fourth-order valence-electron chi connectivity index (χ4n) is 3.29. The van der Waals surface area contributed by atoms with Crippen LogP contribution in [-0.4, -0.2) is 16.3 Å². The van der Waals surface area contributed by atoms with E-state index >= 15 is 0 Å². The summed E-state index contributed by atoms with van der Waals surface area (Å²) < 4.78 is 2.07. The van der Waals surface area contributed by atoms with E-state index in [2.05, 4.69) is 65.5 Å². The molecule has 21 heavy (non-hydrogen) atoms. The van der Waals surface area contributed by atoms with Crippen LogP contribution in [0.5, 0.6) is 0 Å². The number of benzene rings is 1. The van der Waals surface area contributed by atoms with Crippen LogP contribution >= 0.6 is 0 Å². The summed E-state index contributed by atoms with van der Waals surface area (Å²) in [6.07, 6.45) is 6.67. The first-order valence-electron chi connectivity index (χ1n) is 8.14. The molecule has 2 aromatic rings. The van der Waals surface area contributed by atoms with Crippen LogP contribution in [0.4, 0.5) is 0 Å². The Bertz CT molecular complexity index is 561. The van der Waals surface area contributed by atoms with Crippen LogP contribution in [-0.2, 0) is 6.54 Å². The van der Waals surface area contributed by atoms with Crippen LogP contribution in [0, 0.1) is 5.92 Å². The van der Waals surface area contributed by atoms with Crippen molar-refractivity contribution in [1.82, 2.24) is 15.1 Å². The third-order valence-corrected chi connectivity index (χ3v) is 4.38. The fraction of sp³-hybridized carbons (Fsp3) is 0.500. The predicted octanol–water partition coefficient (Wildman–Crippen LogP) is 3.75. The molecule has 1 N–H and O–H groups in total. The van der Waals surface area contributed by atoms with Crippen molar-refractivity contribution >= 4 is 0 Å². The molecule has 1 aliphatic carbocycles. The van der Waals surface area contributed by atoms with Gasteiger partial charge in [-0.05, 0) is 36.8 Å². The maximum atomic E-state index is 4.49. The Morgan fingerprint density at radius 2 is 2.10 bits per heavy atom. The van der Waals surface area contributed by atoms with E-state index in [0.29, 0.717) is 17.9 Å². The van der Waals surface area contributed by atoms with E-state index in [9.17, 15) is 0 Å². The van der Waals surface area contributed by atoms with Crippen LogP contribution in [0.15, 0.2) is 42.7 Å². The van der Waals surface area contributed by atoms with E-state index < -0.39 is 0 Å². The van der Waals surface area contributed by atoms with E-state index in [1.54, 1.807) is 0 Å². The van der Waals surface area contributed by atoms with E-state index in [4.69, 9.17) is 0 Å². The molecule has 1 aliphatic rings. The lowest BCUT2D eigenvalue weighted by atomic mass is 10.0. The maximum Gasteiger partial charge on any atom is 0.0537 e. The van der Waals surface area contributed by atoms with Crippen LogP contribution in [0.2, 0.25) is 0 Å². The van der Waals surface area contributed by atoms with Gasteiger partial charge in [0, 0.05) is 24.3 Å². The van der Waals surface area contributed by atoms with E-state index in [0.717, 1.165) is 19.5 Å². The molecule has 112 valence electrons. The van der Waals surface area contributed by atoms with Crippen molar-refractivity contribution in [3.8, 4) is 0 Å². The van der Waals surface area contributed by atoms with Crippen LogP contribution in [0.25, 0.3) is 0 Å². The minimum absolute atomic E-state index is 0.436. The zero-order valence-corrected chi connectivity index (χ0v) is 13.0. The summed E-state index contributed by atoms with van der Waals surface area (Å²) in [4.78, 5) is 0. The molecule has 3 rings (SSSR count). The summed E-state index contributed by atoms with van der Waals surface area (Å²) in [5.74, 6) is 1.40. The van der Waals surface area contributed by atoms with Crippen LogP contribution in [0.1, 0.15) is 49.8 Å². The van der Waals surface area contributed by atoms with Crippen molar-refractivity contribution < 1.29 is 0 Å². The first-order chi connectivity index (χ1) is 10.3. The largest absolute Gasteiger partial charge is 0.310 e. The van der Waals surface area contributed by atoms with Gasteiger partial charge < -0.3 is 5.32 Å². The molecule has 0 spiro atoms. The quantitative estimate of drug-likeness (QED) is 0.838. The number of aryl methyl sites for hydroxylation is 1. The summed E-state index contributed by atoms with van der Waals surface area (Å²) in [6, 6.07) is 11.3. The smallest absolute Gasteiger partial charge is 0.0537 e. The zero-order valence-electron chi connectivity index (χ0n) is 13.0. The second-order valence-electron chi connectivity index (χ2n) is 5.99. The molecule has 0 radical (unpaired) electrons. The van der Waals surface area contributed by atoms with Crippen molar-refractivity contribution in [2.75, 3.05) is 6.54 Å². The molecule has 1 saturated carbocycles. The second kappa shape index (κ2) is 6.44. The summed E-state index contributed by atoms with van der Waals surface area (Å²) in [7, 11) is 0. The Morgan fingerprint density at radius 1 is 1.29 bits per heavy atom. The van der Waals surface area contributed by atoms with E-state index in [-0.39, 0.29) is 0 Å². The first kappa shape index (κ1) is 14.3. The third kappa shape index (κ3) is 3.18. The number of nitrogens with zero attached hydrogens (tertiary/aromatic N) is 2. The molecule has 3 nitrogen and oxygen atoms in total. The SMILES string of the molecule is CCCn1cc(C(NCC)C2CC2c2ccccc2)cn1. The van der Waals surface area contributed by atoms with Crippen molar-refractivity contribution in [3.63, 3.8) is 0 Å². The maximum absolute atomic E-state index is 4.49. The summed E-state index contributed by atoms with van der Waals surface area (Å²) in [5, 5.41) is 8.16. The molecule has 3 unspecified atom stereocenters. The Balaban J connectivity index is 1.73. The molecule has 1 fully saturated rings. The minimum Gasteiger partial charge on any atom is -0.310 e. The molecular formula is C18H25N3. The fourth-order valence-corrected chi connectivity index (χ4v) is 3.29. The highest BCUT2D eigenvalue weighted by atomic mass is 15.3. The predicted molar refractivity (Wildman–Crippen MR) is 86.2 cm³/mol. The molecule has 3 atom stereocenters. The summed E-state index contributed by atoms with van der Waals surface area (Å²) in [5.41, 5.74) is 2.82. The van der Waals surface area contributed by atoms with Gasteiger partial charge >= 0.3 is 0 Å². The molecular weight excluding hydrogens is 258 g/mol. The van der Waals surface area contributed by atoms with Gasteiger partial charge in [0.15, 0.2) is 0 Å². The first-order valence-corrected chi connectivity index (χ1v) is 8.14. The number of hydrogen-bond acceptors (Lipinski definition) is 2. The highest BCUT2D eigenvalue weighted by Gasteiger charge is 2.44. The summed E-state index contributed by atoms with van der Waals surface area (Å²) >= 11 is 0. The van der Waals surface area contributed by atoms with Gasteiger partial charge in [0.2, 0.25) is 0 Å². The molecule has 1 aromatic heterocycles. The lowest BCUT2D eigenvalue weighted by Gasteiger charge is -2.16. The number of aromatic nitrogens is 2. The van der Waals surface area contributed by atoms with Gasteiger partial charge in [0.25, 0.3) is 0 Å². The Kier molecular flexibility index (Phi) is 4.39. The van der Waals surface area contributed by atoms with Crippen molar-refractivity contribution in [1.29, 1.82) is 0 Å². The third-order valence-electron chi connectivity index (χ3n) is 4.38. The van der Waals surface area contributed by atoms with Gasteiger partial charge in [0.1, 0.15) is 0 Å². The normalized spacial score (nSPS) is 22.2. The number of rotatable bonds is 7. The van der Waals surface area contributed by atoms with Gasteiger partial charge in [0.05, 0.1) is 6.20 Å². The Hall–Kier alpha value is -1.61. The van der Waals surface area contributed by atoms with E-state index in [1.807, 2.05) is 6.20 Å². The van der Waals surface area contributed by atoms with Gasteiger partial charge in [-0.15, -0.1) is 0 Å². The number of hydrogen-bond donors (Lipinski definition) is 1. The minimum atomic E-state index is 0.436. The van der Waals surface area contributed by atoms with Crippen LogP contribution < -0.4 is 5.32 Å². The Labute approximate surface area is 127 Å². The summed E-state index contributed by atoms with van der Waals surface area (Å²) in [6.45, 7) is 6.38. The average Bonchev–Trinajstić information content (AvgIpc) is 3.18. The zero-order chi connectivity index (χ0) is 14.7. The molecule has 0 saturated heterocycles. The highest BCUT2D eigenvalue weighted by Crippen LogP contribution is 2.53. The van der Waals surface area contributed by atoms with Crippen molar-refractivity contribution in [2.45, 2.75) is 45.2 Å². The molecule has 0 amide bonds. The second-order valence-corrected chi connectivity index (χ2v) is 5.99. The highest BCUT2D eigenvalue weighted by molar-refractivity contribution is 5.29. The topological polar surface area (TPSA) is 29.9 Å². The van der Waals surface area contributed by atoms with Gasteiger partial charge in [-0.25, -0.2) is 0 Å². The molecule has 3 heteroatoms. The average molecular weight is 283 g/mol. The number of nitrogens with one attached hydrogen (secondary N) is 1. The lowest BCUT2D eigenvalue weighted by molar-refractivity contribution is 0.486. The van der Waals surface area contributed by atoms with Crippen molar-refractivity contribution in [3.05, 3.63) is 53.9 Å². The van der Waals surface area contributed by atoms with Crippen molar-refractivity contribution in [2.24, 2.45) is 5.92 Å². The van der Waals surface area contributed by atoms with Gasteiger partial charge in [-0.2, -0.15) is 5.10 Å². The molecule has 0 aliphatic heterocycles. The van der Waals surface area contributed by atoms with Crippen LogP contribution in [0.3, 0.4) is 0 Å². The van der Waals surface area contributed by atoms with E-state index in [1.165, 1.54) is 17.5 Å². The standard InChI is InChI=1S/C18H25N3/c1-3-10-21-13-15(12-20-21)18(19-4-2)17-11-16(17)14-8-6-5-7-9-14/h5-9,12-13,16-19H,3-4,10-11H2,1-2H3. The Morgan fingerprint density at radius 3 is 2.81 bits per heavy atom.